The summed E-state index contributed by atoms with van der Waals surface area (Å²) in [5, 5.41) is 15.3. The highest BCUT2D eigenvalue weighted by molar-refractivity contribution is 6.34. The molecule has 20 heavy (non-hydrogen) atoms. The van der Waals surface area contributed by atoms with Crippen LogP contribution in [0.15, 0.2) is 36.7 Å². The van der Waals surface area contributed by atoms with Crippen molar-refractivity contribution in [2.24, 2.45) is 0 Å². The molecule has 2 rings (SSSR count). The average molecular weight is 314 g/mol. The Balaban J connectivity index is 1.86. The van der Waals surface area contributed by atoms with Gasteiger partial charge in [0, 0.05) is 35.5 Å². The first-order chi connectivity index (χ1) is 9.52. The van der Waals surface area contributed by atoms with E-state index >= 15 is 0 Å². The fourth-order valence-electron chi connectivity index (χ4n) is 2.12. The molecule has 1 atom stereocenters. The maximum Gasteiger partial charge on any atom is 0.0862 e. The zero-order valence-electron chi connectivity index (χ0n) is 11.2. The average Bonchev–Trinajstić information content (AvgIpc) is 2.79. The van der Waals surface area contributed by atoms with Gasteiger partial charge in [0.05, 0.1) is 12.6 Å². The minimum atomic E-state index is -0.477. The Morgan fingerprint density at radius 3 is 2.60 bits per heavy atom. The summed E-state index contributed by atoms with van der Waals surface area (Å²) in [6.07, 6.45) is 3.05. The van der Waals surface area contributed by atoms with E-state index in [2.05, 4.69) is 5.10 Å². The lowest BCUT2D eigenvalue weighted by Crippen LogP contribution is -2.31. The summed E-state index contributed by atoms with van der Waals surface area (Å²) in [6.45, 7) is 1.70. The number of likely N-dealkylation sites (N-methyl/N-ethyl adjacent to an activating group) is 1. The standard InChI is InChI=1S/C14H17Cl2N3O/c1-18(8-11-5-12(15)7-13(16)6-11)9-14(20)10-19-4-2-3-17-19/h2-7,14,20H,8-10H2,1H3. The molecule has 0 saturated heterocycles. The largest absolute Gasteiger partial charge is 0.390 e. The van der Waals surface area contributed by atoms with Gasteiger partial charge in [0.2, 0.25) is 0 Å². The molecule has 0 amide bonds. The highest BCUT2D eigenvalue weighted by Crippen LogP contribution is 2.19. The predicted octanol–water partition coefficient (Wildman–Crippen LogP) is 2.68. The number of rotatable bonds is 6. The summed E-state index contributed by atoms with van der Waals surface area (Å²) in [4.78, 5) is 2.02. The van der Waals surface area contributed by atoms with E-state index in [4.69, 9.17) is 23.2 Å². The molecule has 6 heteroatoms. The zero-order valence-corrected chi connectivity index (χ0v) is 12.7. The molecule has 0 fully saturated rings. The van der Waals surface area contributed by atoms with Crippen LogP contribution < -0.4 is 0 Å². The number of aliphatic hydroxyl groups is 1. The third kappa shape index (κ3) is 4.80. The van der Waals surface area contributed by atoms with Gasteiger partial charge in [-0.15, -0.1) is 0 Å². The van der Waals surface area contributed by atoms with E-state index in [1.165, 1.54) is 0 Å². The Kier molecular flexibility index (Phi) is 5.43. The van der Waals surface area contributed by atoms with Crippen LogP contribution in [-0.4, -0.2) is 39.5 Å². The van der Waals surface area contributed by atoms with Crippen LogP contribution >= 0.6 is 23.2 Å². The molecule has 0 radical (unpaired) electrons. The van der Waals surface area contributed by atoms with Crippen molar-refractivity contribution < 1.29 is 5.11 Å². The van der Waals surface area contributed by atoms with Gasteiger partial charge >= 0.3 is 0 Å². The van der Waals surface area contributed by atoms with E-state index in [9.17, 15) is 5.11 Å². The predicted molar refractivity (Wildman–Crippen MR) is 81.0 cm³/mol. The summed E-state index contributed by atoms with van der Waals surface area (Å²) >= 11 is 11.9. The number of aromatic nitrogens is 2. The van der Waals surface area contributed by atoms with Gasteiger partial charge < -0.3 is 5.11 Å². The molecule has 0 aliphatic rings. The molecular weight excluding hydrogens is 297 g/mol. The van der Waals surface area contributed by atoms with Gasteiger partial charge in [0.15, 0.2) is 0 Å². The second kappa shape index (κ2) is 7.09. The Morgan fingerprint density at radius 1 is 1.30 bits per heavy atom. The number of hydrogen-bond donors (Lipinski definition) is 1. The number of benzene rings is 1. The van der Waals surface area contributed by atoms with E-state index in [0.29, 0.717) is 29.7 Å². The third-order valence-corrected chi connectivity index (χ3v) is 3.29. The van der Waals surface area contributed by atoms with Crippen LogP contribution in [0.3, 0.4) is 0 Å². The quantitative estimate of drug-likeness (QED) is 0.891. The van der Waals surface area contributed by atoms with Gasteiger partial charge in [-0.25, -0.2) is 0 Å². The molecule has 1 aromatic carbocycles. The van der Waals surface area contributed by atoms with Crippen molar-refractivity contribution in [1.29, 1.82) is 0 Å². The SMILES string of the molecule is CN(Cc1cc(Cl)cc(Cl)c1)CC(O)Cn1cccn1. The molecule has 0 aliphatic heterocycles. The molecule has 1 heterocycles. The number of nitrogens with zero attached hydrogens (tertiary/aromatic N) is 3. The Bertz CT molecular complexity index is 525. The topological polar surface area (TPSA) is 41.3 Å². The molecule has 1 aromatic heterocycles. The lowest BCUT2D eigenvalue weighted by molar-refractivity contribution is 0.104. The lowest BCUT2D eigenvalue weighted by atomic mass is 10.2. The third-order valence-electron chi connectivity index (χ3n) is 2.85. The Hall–Kier alpha value is -1.07. The highest BCUT2D eigenvalue weighted by atomic mass is 35.5. The summed E-state index contributed by atoms with van der Waals surface area (Å²) in [7, 11) is 1.95. The van der Waals surface area contributed by atoms with E-state index < -0.39 is 6.10 Å². The van der Waals surface area contributed by atoms with Gasteiger partial charge in [-0.3, -0.25) is 9.58 Å². The fourth-order valence-corrected chi connectivity index (χ4v) is 2.69. The Labute approximate surface area is 128 Å². The van der Waals surface area contributed by atoms with Crippen LogP contribution in [0.1, 0.15) is 5.56 Å². The maximum absolute atomic E-state index is 10.0. The van der Waals surface area contributed by atoms with Crippen molar-refractivity contribution in [3.8, 4) is 0 Å². The Morgan fingerprint density at radius 2 is 2.00 bits per heavy atom. The summed E-state index contributed by atoms with van der Waals surface area (Å²) in [5.41, 5.74) is 1.02. The van der Waals surface area contributed by atoms with Crippen LogP contribution in [-0.2, 0) is 13.1 Å². The second-order valence-electron chi connectivity index (χ2n) is 4.86. The van der Waals surface area contributed by atoms with Gasteiger partial charge in [-0.05, 0) is 36.9 Å². The molecule has 4 nitrogen and oxygen atoms in total. The number of halogens is 2. The van der Waals surface area contributed by atoms with Crippen LogP contribution in [0.5, 0.6) is 0 Å². The van der Waals surface area contributed by atoms with Crippen LogP contribution in [0.25, 0.3) is 0 Å². The molecule has 0 spiro atoms. The van der Waals surface area contributed by atoms with E-state index in [0.717, 1.165) is 5.56 Å². The van der Waals surface area contributed by atoms with Crippen LogP contribution in [0.2, 0.25) is 10.0 Å². The summed E-state index contributed by atoms with van der Waals surface area (Å²) in [5.74, 6) is 0. The lowest BCUT2D eigenvalue weighted by Gasteiger charge is -2.20. The normalized spacial score (nSPS) is 12.8. The number of aliphatic hydroxyl groups excluding tert-OH is 1. The molecule has 0 aliphatic carbocycles. The number of hydrogen-bond acceptors (Lipinski definition) is 3. The smallest absolute Gasteiger partial charge is 0.0862 e. The van der Waals surface area contributed by atoms with E-state index in [-0.39, 0.29) is 0 Å². The minimum absolute atomic E-state index is 0.477. The van der Waals surface area contributed by atoms with Gasteiger partial charge in [0.25, 0.3) is 0 Å². The van der Waals surface area contributed by atoms with Crippen molar-refractivity contribution in [2.45, 2.75) is 19.2 Å². The van der Waals surface area contributed by atoms with Gasteiger partial charge in [0.1, 0.15) is 0 Å². The fraction of sp³-hybridized carbons (Fsp3) is 0.357. The van der Waals surface area contributed by atoms with Crippen molar-refractivity contribution in [1.82, 2.24) is 14.7 Å². The molecule has 2 aromatic rings. The zero-order chi connectivity index (χ0) is 14.5. The molecular formula is C14H17Cl2N3O. The first kappa shape index (κ1) is 15.3. The highest BCUT2D eigenvalue weighted by Gasteiger charge is 2.10. The molecule has 0 bridgehead atoms. The van der Waals surface area contributed by atoms with Crippen LogP contribution in [0.4, 0.5) is 0 Å². The molecule has 1 unspecified atom stereocenters. The van der Waals surface area contributed by atoms with Gasteiger partial charge in [-0.2, -0.15) is 5.10 Å². The van der Waals surface area contributed by atoms with E-state index in [1.807, 2.05) is 36.3 Å². The van der Waals surface area contributed by atoms with Gasteiger partial charge in [-0.1, -0.05) is 23.2 Å². The first-order valence-electron chi connectivity index (χ1n) is 6.32. The van der Waals surface area contributed by atoms with Crippen molar-refractivity contribution in [3.63, 3.8) is 0 Å². The summed E-state index contributed by atoms with van der Waals surface area (Å²) < 4.78 is 1.72. The van der Waals surface area contributed by atoms with E-state index in [1.54, 1.807) is 16.9 Å². The molecule has 108 valence electrons. The maximum atomic E-state index is 10.0. The van der Waals surface area contributed by atoms with Crippen molar-refractivity contribution >= 4 is 23.2 Å². The van der Waals surface area contributed by atoms with Crippen molar-refractivity contribution in [2.75, 3.05) is 13.6 Å². The molecule has 1 N–H and O–H groups in total. The summed E-state index contributed by atoms with van der Waals surface area (Å²) in [6, 6.07) is 7.30. The first-order valence-corrected chi connectivity index (χ1v) is 7.07. The monoisotopic (exact) mass is 313 g/mol. The molecule has 0 saturated carbocycles. The van der Waals surface area contributed by atoms with Crippen LogP contribution in [0, 0.1) is 0 Å². The minimum Gasteiger partial charge on any atom is -0.390 e. The van der Waals surface area contributed by atoms with Crippen molar-refractivity contribution in [3.05, 3.63) is 52.3 Å². The second-order valence-corrected chi connectivity index (χ2v) is 5.73.